The van der Waals surface area contributed by atoms with E-state index in [4.69, 9.17) is 9.84 Å². The lowest BCUT2D eigenvalue weighted by atomic mass is 10.0. The number of carbonyl (C=O) groups excluding carboxylic acids is 2. The molecule has 14 heavy (non-hydrogen) atoms. The molecule has 2 amide bonds. The van der Waals surface area contributed by atoms with Crippen molar-refractivity contribution in [3.8, 4) is 0 Å². The van der Waals surface area contributed by atoms with E-state index in [0.717, 1.165) is 4.90 Å². The van der Waals surface area contributed by atoms with Crippen LogP contribution < -0.4 is 0 Å². The summed E-state index contributed by atoms with van der Waals surface area (Å²) in [6.45, 7) is 3.37. The summed E-state index contributed by atoms with van der Waals surface area (Å²) in [6, 6.07) is -0.432. The summed E-state index contributed by atoms with van der Waals surface area (Å²) < 4.78 is 4.78. The molecule has 1 unspecified atom stereocenters. The Labute approximate surface area is 82.6 Å². The first kappa shape index (κ1) is 11.1. The minimum atomic E-state index is -0.432. The van der Waals surface area contributed by atoms with Crippen molar-refractivity contribution in [2.45, 2.75) is 19.9 Å². The van der Waals surface area contributed by atoms with Crippen LogP contribution >= 0.6 is 0 Å². The second kappa shape index (κ2) is 4.52. The van der Waals surface area contributed by atoms with Gasteiger partial charge in [0.25, 0.3) is 11.8 Å². The smallest absolute Gasteiger partial charge is 0.255 e. The molecule has 0 spiro atoms. The lowest BCUT2D eigenvalue weighted by Gasteiger charge is -2.33. The molecule has 5 heteroatoms. The summed E-state index contributed by atoms with van der Waals surface area (Å²) in [5, 5.41) is 9.10. The fraction of sp³-hybridized carbons (Fsp3) is 0.778. The number of ether oxygens (including phenoxy) is 1. The number of nitrogens with zero attached hydrogens (tertiary/aromatic N) is 1. The van der Waals surface area contributed by atoms with Crippen LogP contribution in [0.2, 0.25) is 0 Å². The zero-order valence-electron chi connectivity index (χ0n) is 8.40. The molecule has 1 rings (SSSR count). The maximum Gasteiger partial charge on any atom is 0.255 e. The van der Waals surface area contributed by atoms with Gasteiger partial charge in [0, 0.05) is 0 Å². The van der Waals surface area contributed by atoms with Gasteiger partial charge in [-0.1, -0.05) is 13.8 Å². The highest BCUT2D eigenvalue weighted by Gasteiger charge is 2.34. The number of hydrogen-bond acceptors (Lipinski definition) is 4. The number of aliphatic hydroxyl groups excluding tert-OH is 1. The predicted molar refractivity (Wildman–Crippen MR) is 48.4 cm³/mol. The molecule has 1 aliphatic heterocycles. The normalized spacial score (nSPS) is 20.4. The van der Waals surface area contributed by atoms with Crippen LogP contribution in [0.25, 0.3) is 0 Å². The molecule has 1 fully saturated rings. The monoisotopic (exact) mass is 201 g/mol. The van der Waals surface area contributed by atoms with Gasteiger partial charge in [0.1, 0.15) is 13.2 Å². The highest BCUT2D eigenvalue weighted by atomic mass is 16.5. The van der Waals surface area contributed by atoms with Crippen LogP contribution in [0.1, 0.15) is 13.8 Å². The zero-order chi connectivity index (χ0) is 10.7. The van der Waals surface area contributed by atoms with Crippen molar-refractivity contribution in [1.82, 2.24) is 4.90 Å². The van der Waals surface area contributed by atoms with Gasteiger partial charge >= 0.3 is 0 Å². The Morgan fingerprint density at radius 1 is 1.36 bits per heavy atom. The topological polar surface area (TPSA) is 66.8 Å². The van der Waals surface area contributed by atoms with Crippen LogP contribution in [0.15, 0.2) is 0 Å². The number of imide groups is 1. The lowest BCUT2D eigenvalue weighted by Crippen LogP contribution is -2.54. The van der Waals surface area contributed by atoms with Crippen molar-refractivity contribution in [3.05, 3.63) is 0 Å². The van der Waals surface area contributed by atoms with Gasteiger partial charge in [0.2, 0.25) is 0 Å². The Balaban J connectivity index is 2.80. The molecule has 0 aliphatic carbocycles. The van der Waals surface area contributed by atoms with Gasteiger partial charge in [0.05, 0.1) is 12.6 Å². The van der Waals surface area contributed by atoms with E-state index in [1.165, 1.54) is 0 Å². The Kier molecular flexibility index (Phi) is 3.60. The summed E-state index contributed by atoms with van der Waals surface area (Å²) in [7, 11) is 0. The molecule has 1 heterocycles. The fourth-order valence-corrected chi connectivity index (χ4v) is 1.46. The molecule has 80 valence electrons. The molecule has 0 aromatic heterocycles. The summed E-state index contributed by atoms with van der Waals surface area (Å²) in [4.78, 5) is 23.9. The largest absolute Gasteiger partial charge is 0.394 e. The van der Waals surface area contributed by atoms with E-state index in [1.807, 2.05) is 13.8 Å². The average Bonchev–Trinajstić information content (AvgIpc) is 2.10. The second-order valence-electron chi connectivity index (χ2n) is 3.64. The van der Waals surface area contributed by atoms with Crippen LogP contribution in [-0.2, 0) is 14.3 Å². The first-order valence-electron chi connectivity index (χ1n) is 4.61. The quantitative estimate of drug-likeness (QED) is 0.618. The third-order valence-corrected chi connectivity index (χ3v) is 2.28. The second-order valence-corrected chi connectivity index (χ2v) is 3.64. The first-order valence-corrected chi connectivity index (χ1v) is 4.61. The van der Waals surface area contributed by atoms with E-state index in [2.05, 4.69) is 0 Å². The molecule has 1 saturated heterocycles. The molecule has 0 aromatic rings. The molecule has 0 aromatic carbocycles. The summed E-state index contributed by atoms with van der Waals surface area (Å²) in [5.74, 6) is -0.686. The van der Waals surface area contributed by atoms with Gasteiger partial charge in [-0.05, 0) is 5.92 Å². The van der Waals surface area contributed by atoms with Crippen LogP contribution in [0.5, 0.6) is 0 Å². The zero-order valence-corrected chi connectivity index (χ0v) is 8.40. The van der Waals surface area contributed by atoms with Crippen molar-refractivity contribution in [2.75, 3.05) is 19.8 Å². The molecular weight excluding hydrogens is 186 g/mol. The van der Waals surface area contributed by atoms with Crippen LogP contribution in [0.3, 0.4) is 0 Å². The number of rotatable bonds is 3. The molecule has 1 aliphatic rings. The first-order chi connectivity index (χ1) is 6.57. The van der Waals surface area contributed by atoms with E-state index in [-0.39, 0.29) is 37.6 Å². The lowest BCUT2D eigenvalue weighted by molar-refractivity contribution is -0.163. The number of morpholine rings is 1. The Hall–Kier alpha value is -0.940. The molecule has 0 radical (unpaired) electrons. The van der Waals surface area contributed by atoms with E-state index < -0.39 is 6.04 Å². The standard InChI is InChI=1S/C9H15NO4/c1-6(2)7(3-11)10-8(12)4-14-5-9(10)13/h6-7,11H,3-5H2,1-2H3. The van der Waals surface area contributed by atoms with Gasteiger partial charge < -0.3 is 9.84 Å². The van der Waals surface area contributed by atoms with E-state index in [0.29, 0.717) is 0 Å². The van der Waals surface area contributed by atoms with Gasteiger partial charge in [-0.2, -0.15) is 0 Å². The fourth-order valence-electron chi connectivity index (χ4n) is 1.46. The van der Waals surface area contributed by atoms with Gasteiger partial charge in [-0.25, -0.2) is 0 Å². The third kappa shape index (κ3) is 2.10. The SMILES string of the molecule is CC(C)C(CO)N1C(=O)COCC1=O. The Morgan fingerprint density at radius 3 is 2.21 bits per heavy atom. The Morgan fingerprint density at radius 2 is 1.86 bits per heavy atom. The maximum absolute atomic E-state index is 11.4. The molecule has 1 atom stereocenters. The highest BCUT2D eigenvalue weighted by molar-refractivity contribution is 5.98. The average molecular weight is 201 g/mol. The van der Waals surface area contributed by atoms with E-state index in [1.54, 1.807) is 0 Å². The Bertz CT molecular complexity index is 223. The number of carbonyl (C=O) groups is 2. The van der Waals surface area contributed by atoms with Gasteiger partial charge in [-0.15, -0.1) is 0 Å². The minimum Gasteiger partial charge on any atom is -0.394 e. The van der Waals surface area contributed by atoms with Crippen LogP contribution in [0.4, 0.5) is 0 Å². The van der Waals surface area contributed by atoms with Crippen LogP contribution in [-0.4, -0.2) is 47.7 Å². The third-order valence-electron chi connectivity index (χ3n) is 2.28. The number of aliphatic hydroxyl groups is 1. The highest BCUT2D eigenvalue weighted by Crippen LogP contribution is 2.13. The molecule has 0 bridgehead atoms. The number of hydrogen-bond donors (Lipinski definition) is 1. The molecular formula is C9H15NO4. The minimum absolute atomic E-state index is 0.0472. The van der Waals surface area contributed by atoms with Crippen molar-refractivity contribution in [1.29, 1.82) is 0 Å². The summed E-state index contributed by atoms with van der Waals surface area (Å²) in [6.07, 6.45) is 0. The van der Waals surface area contributed by atoms with Crippen molar-refractivity contribution < 1.29 is 19.4 Å². The summed E-state index contributed by atoms with van der Waals surface area (Å²) in [5.41, 5.74) is 0. The van der Waals surface area contributed by atoms with E-state index >= 15 is 0 Å². The molecule has 1 N–H and O–H groups in total. The van der Waals surface area contributed by atoms with E-state index in [9.17, 15) is 9.59 Å². The van der Waals surface area contributed by atoms with Crippen molar-refractivity contribution >= 4 is 11.8 Å². The number of amides is 2. The predicted octanol–water partition coefficient (Wildman–Crippen LogP) is -0.611. The summed E-state index contributed by atoms with van der Waals surface area (Å²) >= 11 is 0. The maximum atomic E-state index is 11.4. The van der Waals surface area contributed by atoms with Gasteiger partial charge in [0.15, 0.2) is 0 Å². The molecule has 5 nitrogen and oxygen atoms in total. The molecule has 0 saturated carbocycles. The van der Waals surface area contributed by atoms with Crippen molar-refractivity contribution in [3.63, 3.8) is 0 Å². The van der Waals surface area contributed by atoms with Crippen LogP contribution in [0, 0.1) is 5.92 Å². The van der Waals surface area contributed by atoms with Crippen molar-refractivity contribution in [2.24, 2.45) is 5.92 Å². The van der Waals surface area contributed by atoms with Gasteiger partial charge in [-0.3, -0.25) is 14.5 Å².